The summed E-state index contributed by atoms with van der Waals surface area (Å²) in [6.45, 7) is 9.38. The van der Waals surface area contributed by atoms with Gasteiger partial charge in [-0.3, -0.25) is 14.5 Å². The summed E-state index contributed by atoms with van der Waals surface area (Å²) < 4.78 is 0. The molecule has 1 aromatic rings. The van der Waals surface area contributed by atoms with Gasteiger partial charge in [-0.15, -0.1) is 6.42 Å². The molecule has 1 atom stereocenters. The van der Waals surface area contributed by atoms with Gasteiger partial charge in [-0.25, -0.2) is 0 Å². The lowest BCUT2D eigenvalue weighted by Gasteiger charge is -2.34. The maximum atomic E-state index is 12.4. The van der Waals surface area contributed by atoms with E-state index in [4.69, 9.17) is 6.42 Å². The van der Waals surface area contributed by atoms with Crippen molar-refractivity contribution in [1.29, 1.82) is 0 Å². The minimum absolute atomic E-state index is 0.0480. The molecule has 1 saturated carbocycles. The fraction of sp³-hybridized carbons (Fsp3) is 0.615. The molecular weight excluding hydrogens is 372 g/mol. The minimum Gasteiger partial charge on any atom is -0.355 e. The molecule has 4 nitrogen and oxygen atoms in total. The Morgan fingerprint density at radius 2 is 1.90 bits per heavy atom. The third-order valence-electron chi connectivity index (χ3n) is 5.33. The lowest BCUT2D eigenvalue weighted by atomic mass is 9.83. The van der Waals surface area contributed by atoms with Crippen molar-refractivity contribution < 1.29 is 9.59 Å². The van der Waals surface area contributed by atoms with Crippen LogP contribution in [-0.4, -0.2) is 43.3 Å². The molecular formula is C26H42N2O2. The van der Waals surface area contributed by atoms with Crippen molar-refractivity contribution in [1.82, 2.24) is 10.2 Å². The van der Waals surface area contributed by atoms with Crippen molar-refractivity contribution in [2.24, 2.45) is 5.92 Å². The van der Waals surface area contributed by atoms with Gasteiger partial charge < -0.3 is 5.32 Å². The second-order valence-corrected chi connectivity index (χ2v) is 7.58. The Labute approximate surface area is 184 Å². The van der Waals surface area contributed by atoms with E-state index in [-0.39, 0.29) is 11.9 Å². The zero-order chi connectivity index (χ0) is 22.8. The zero-order valence-corrected chi connectivity index (χ0v) is 19.7. The minimum atomic E-state index is -0.0480. The van der Waals surface area contributed by atoms with E-state index in [0.29, 0.717) is 12.5 Å². The van der Waals surface area contributed by atoms with Crippen LogP contribution in [0.2, 0.25) is 0 Å². The molecule has 1 amide bonds. The number of carbonyl (C=O) groups is 2. The monoisotopic (exact) mass is 414 g/mol. The molecule has 0 spiro atoms. The molecule has 1 N–H and O–H groups in total. The topological polar surface area (TPSA) is 49.4 Å². The highest BCUT2D eigenvalue weighted by molar-refractivity contribution is 5.82. The van der Waals surface area contributed by atoms with Crippen LogP contribution >= 0.6 is 0 Å². The Bertz CT molecular complexity index is 630. The van der Waals surface area contributed by atoms with Crippen LogP contribution in [0, 0.1) is 25.2 Å². The maximum Gasteiger partial charge on any atom is 0.237 e. The van der Waals surface area contributed by atoms with E-state index < -0.39 is 0 Å². The van der Waals surface area contributed by atoms with Crippen molar-refractivity contribution in [2.45, 2.75) is 78.7 Å². The number of hydrogen-bond acceptors (Lipinski definition) is 3. The first-order valence-corrected chi connectivity index (χ1v) is 11.5. The molecule has 0 heterocycles. The number of unbranched alkanes of at least 4 members (excludes halogenated alkanes) is 1. The van der Waals surface area contributed by atoms with Gasteiger partial charge in [-0.05, 0) is 44.7 Å². The number of hydrogen-bond donors (Lipinski definition) is 1. The van der Waals surface area contributed by atoms with Gasteiger partial charge in [0.2, 0.25) is 5.91 Å². The van der Waals surface area contributed by atoms with E-state index in [1.807, 2.05) is 57.0 Å². The Kier molecular flexibility index (Phi) is 16.5. The second-order valence-electron chi connectivity index (χ2n) is 7.58. The van der Waals surface area contributed by atoms with Crippen LogP contribution in [0.25, 0.3) is 0 Å². The van der Waals surface area contributed by atoms with Crippen LogP contribution in [0.5, 0.6) is 0 Å². The first-order valence-electron chi connectivity index (χ1n) is 11.5. The summed E-state index contributed by atoms with van der Waals surface area (Å²) in [4.78, 5) is 24.7. The van der Waals surface area contributed by atoms with Crippen LogP contribution < -0.4 is 5.32 Å². The normalized spacial score (nSPS) is 14.3. The number of carbonyl (C=O) groups excluding carboxylic acids is 2. The first kappa shape index (κ1) is 27.9. The Hall–Kier alpha value is -2.12. The number of aryl methyl sites for hydroxylation is 1. The summed E-state index contributed by atoms with van der Waals surface area (Å²) in [5.41, 5.74) is 1.81. The van der Waals surface area contributed by atoms with E-state index in [2.05, 4.69) is 18.2 Å². The van der Waals surface area contributed by atoms with Gasteiger partial charge in [0.1, 0.15) is 6.29 Å². The van der Waals surface area contributed by atoms with E-state index in [1.54, 1.807) is 0 Å². The average molecular weight is 415 g/mol. The van der Waals surface area contributed by atoms with Crippen molar-refractivity contribution >= 4 is 12.2 Å². The molecule has 0 aliphatic heterocycles. The molecule has 1 aliphatic rings. The number of aldehydes is 1. The molecule has 2 rings (SSSR count). The zero-order valence-electron chi connectivity index (χ0n) is 19.7. The number of amides is 1. The molecule has 4 heteroatoms. The average Bonchev–Trinajstić information content (AvgIpc) is 2.77. The third-order valence-corrected chi connectivity index (χ3v) is 5.33. The van der Waals surface area contributed by atoms with Gasteiger partial charge in [0.05, 0.1) is 12.6 Å². The lowest BCUT2D eigenvalue weighted by molar-refractivity contribution is -0.128. The fourth-order valence-electron chi connectivity index (χ4n) is 3.68. The standard InChI is InChI=1S/C16H28N2O.C8H8O.C2H6/c1-4-6-12-17-16(19)15(18(3)13-5-2)14-10-8-7-9-11-14;1-7-4-2-3-5-8(7)6-9;1-2/h2,14-15H,4,6-13H2,1,3H3,(H,17,19);2-6H,1H3;1-2H3. The van der Waals surface area contributed by atoms with Crippen LogP contribution in [0.4, 0.5) is 0 Å². The predicted octanol–water partition coefficient (Wildman–Crippen LogP) is 5.25. The molecule has 0 saturated heterocycles. The van der Waals surface area contributed by atoms with Crippen LogP contribution in [0.1, 0.15) is 81.6 Å². The van der Waals surface area contributed by atoms with Crippen LogP contribution in [0.3, 0.4) is 0 Å². The highest BCUT2D eigenvalue weighted by Gasteiger charge is 2.32. The molecule has 0 aromatic heterocycles. The number of nitrogens with zero attached hydrogens (tertiary/aromatic N) is 1. The summed E-state index contributed by atoms with van der Waals surface area (Å²) in [6.07, 6.45) is 14.5. The first-order chi connectivity index (χ1) is 14.5. The van der Waals surface area contributed by atoms with Gasteiger partial charge in [-0.2, -0.15) is 0 Å². The largest absolute Gasteiger partial charge is 0.355 e. The van der Waals surface area contributed by atoms with Gasteiger partial charge in [0.15, 0.2) is 0 Å². The second kappa shape index (κ2) is 17.7. The summed E-state index contributed by atoms with van der Waals surface area (Å²) in [7, 11) is 1.97. The summed E-state index contributed by atoms with van der Waals surface area (Å²) in [6, 6.07) is 7.46. The number of benzene rings is 1. The maximum absolute atomic E-state index is 12.4. The van der Waals surface area contributed by atoms with Crippen molar-refractivity contribution in [3.05, 3.63) is 35.4 Å². The highest BCUT2D eigenvalue weighted by atomic mass is 16.2. The summed E-state index contributed by atoms with van der Waals surface area (Å²) in [5.74, 6) is 3.29. The molecule has 30 heavy (non-hydrogen) atoms. The molecule has 1 aliphatic carbocycles. The SMILES string of the molecule is C#CCN(C)C(C(=O)NCCCC)C1CCCCC1.CC.Cc1ccccc1C=O. The van der Waals surface area contributed by atoms with Gasteiger partial charge in [-0.1, -0.05) is 76.6 Å². The van der Waals surface area contributed by atoms with Gasteiger partial charge in [0.25, 0.3) is 0 Å². The smallest absolute Gasteiger partial charge is 0.237 e. The molecule has 1 unspecified atom stereocenters. The van der Waals surface area contributed by atoms with Crippen molar-refractivity contribution in [3.8, 4) is 12.3 Å². The Balaban J connectivity index is 0.000000636. The number of nitrogens with one attached hydrogen (secondary N) is 1. The molecule has 168 valence electrons. The molecule has 0 bridgehead atoms. The van der Waals surface area contributed by atoms with Gasteiger partial charge in [0, 0.05) is 12.1 Å². The molecule has 1 aromatic carbocycles. The summed E-state index contributed by atoms with van der Waals surface area (Å²) in [5, 5.41) is 3.07. The summed E-state index contributed by atoms with van der Waals surface area (Å²) >= 11 is 0. The van der Waals surface area contributed by atoms with Gasteiger partial charge >= 0.3 is 0 Å². The van der Waals surface area contributed by atoms with E-state index in [1.165, 1.54) is 19.3 Å². The van der Waals surface area contributed by atoms with Crippen LogP contribution in [0.15, 0.2) is 24.3 Å². The number of terminal acetylenes is 1. The molecule has 0 radical (unpaired) electrons. The fourth-order valence-corrected chi connectivity index (χ4v) is 3.68. The predicted molar refractivity (Wildman–Crippen MR) is 128 cm³/mol. The number of rotatable bonds is 8. The van der Waals surface area contributed by atoms with E-state index in [0.717, 1.165) is 49.6 Å². The number of likely N-dealkylation sites (N-methyl/N-ethyl adjacent to an activating group) is 1. The highest BCUT2D eigenvalue weighted by Crippen LogP contribution is 2.28. The van der Waals surface area contributed by atoms with E-state index >= 15 is 0 Å². The van der Waals surface area contributed by atoms with E-state index in [9.17, 15) is 9.59 Å². The van der Waals surface area contributed by atoms with Crippen molar-refractivity contribution in [3.63, 3.8) is 0 Å². The van der Waals surface area contributed by atoms with Crippen molar-refractivity contribution in [2.75, 3.05) is 20.1 Å². The quantitative estimate of drug-likeness (QED) is 0.359. The lowest BCUT2D eigenvalue weighted by Crippen LogP contribution is -2.50. The molecule has 1 fully saturated rings. The third kappa shape index (κ3) is 10.6. The Morgan fingerprint density at radius 3 is 2.40 bits per heavy atom. The Morgan fingerprint density at radius 1 is 1.27 bits per heavy atom. The van der Waals surface area contributed by atoms with Crippen LogP contribution in [-0.2, 0) is 4.79 Å².